The van der Waals surface area contributed by atoms with Crippen molar-refractivity contribution in [1.29, 1.82) is 0 Å². The highest BCUT2D eigenvalue weighted by Gasteiger charge is 2.39. The Balaban J connectivity index is 2.06. The molecule has 0 aliphatic carbocycles. The number of hydrogen-bond donors (Lipinski definition) is 0. The van der Waals surface area contributed by atoms with Gasteiger partial charge in [-0.3, -0.25) is 9.69 Å². The largest absolute Gasteiger partial charge is 0.479 e. The van der Waals surface area contributed by atoms with Gasteiger partial charge in [-0.25, -0.2) is 9.78 Å². The van der Waals surface area contributed by atoms with Crippen molar-refractivity contribution in [3.05, 3.63) is 28.6 Å². The van der Waals surface area contributed by atoms with E-state index < -0.39 is 18.1 Å². The van der Waals surface area contributed by atoms with Crippen molar-refractivity contribution < 1.29 is 19.1 Å². The molecule has 27 heavy (non-hydrogen) atoms. The van der Waals surface area contributed by atoms with Crippen molar-refractivity contribution >= 4 is 28.9 Å². The number of hydrogen-bond acceptors (Lipinski definition) is 6. The maximum absolute atomic E-state index is 12.9. The van der Waals surface area contributed by atoms with Crippen LogP contribution in [0.3, 0.4) is 0 Å². The highest BCUT2D eigenvalue weighted by Crippen LogP contribution is 2.39. The zero-order valence-electron chi connectivity index (χ0n) is 16.2. The Bertz CT molecular complexity index is 861. The number of benzene rings is 1. The predicted molar refractivity (Wildman–Crippen MR) is 105 cm³/mol. The number of ether oxygens (including phenoxy) is 2. The molecule has 6 nitrogen and oxygen atoms in total. The number of thiazole rings is 1. The summed E-state index contributed by atoms with van der Waals surface area (Å²) in [5.74, 6) is -0.0777. The number of carbonyl (C=O) groups is 2. The van der Waals surface area contributed by atoms with Gasteiger partial charge in [-0.1, -0.05) is 6.92 Å². The van der Waals surface area contributed by atoms with Crippen molar-refractivity contribution in [2.75, 3.05) is 4.90 Å². The smallest absolute Gasteiger partial charge is 0.329 e. The van der Waals surface area contributed by atoms with E-state index in [4.69, 9.17) is 9.47 Å². The van der Waals surface area contributed by atoms with Crippen LogP contribution >= 0.6 is 11.3 Å². The fourth-order valence-corrected chi connectivity index (χ4v) is 3.73. The summed E-state index contributed by atoms with van der Waals surface area (Å²) in [6, 6.07) is 4.91. The minimum Gasteiger partial charge on any atom is -0.479 e. The molecule has 0 N–H and O–H groups in total. The third-order valence-corrected chi connectivity index (χ3v) is 5.12. The van der Waals surface area contributed by atoms with Gasteiger partial charge in [-0.05, 0) is 52.3 Å². The SMILES string of the molecule is CCC(C(=O)OC(C)C)N1C(=O)C(C)Oc2ccc(-c3csc(C)n3)cc21. The molecular formula is C20H24N2O4S. The standard InChI is InChI=1S/C20H24N2O4S/c1-6-16(20(24)25-11(2)3)22-17-9-14(15-10-27-13(5)21-15)7-8-18(17)26-12(4)19(22)23/h7-12,16H,6H2,1-5H3. The summed E-state index contributed by atoms with van der Waals surface area (Å²) in [6.45, 7) is 9.10. The molecule has 0 spiro atoms. The first-order valence-electron chi connectivity index (χ1n) is 9.08. The number of aromatic nitrogens is 1. The average Bonchev–Trinajstić information content (AvgIpc) is 3.04. The molecule has 2 unspecified atom stereocenters. The van der Waals surface area contributed by atoms with Gasteiger partial charge >= 0.3 is 5.97 Å². The van der Waals surface area contributed by atoms with Crippen LogP contribution in [0.5, 0.6) is 5.75 Å². The molecule has 1 aromatic carbocycles. The molecule has 1 aliphatic heterocycles. The summed E-state index contributed by atoms with van der Waals surface area (Å²) < 4.78 is 11.2. The fraction of sp³-hybridized carbons (Fsp3) is 0.450. The van der Waals surface area contributed by atoms with E-state index >= 15 is 0 Å². The van der Waals surface area contributed by atoms with Gasteiger partial charge in [-0.2, -0.15) is 0 Å². The second-order valence-corrected chi connectivity index (χ2v) is 7.87. The number of rotatable bonds is 5. The van der Waals surface area contributed by atoms with E-state index in [0.717, 1.165) is 16.3 Å². The van der Waals surface area contributed by atoms with E-state index in [0.29, 0.717) is 17.9 Å². The van der Waals surface area contributed by atoms with Crippen LogP contribution in [0.1, 0.15) is 39.1 Å². The van der Waals surface area contributed by atoms with Crippen molar-refractivity contribution in [1.82, 2.24) is 4.98 Å². The molecule has 1 aromatic heterocycles. The van der Waals surface area contributed by atoms with Gasteiger partial charge in [0.1, 0.15) is 11.8 Å². The van der Waals surface area contributed by atoms with Crippen molar-refractivity contribution in [3.63, 3.8) is 0 Å². The molecule has 0 bridgehead atoms. The molecule has 0 radical (unpaired) electrons. The second kappa shape index (κ2) is 7.68. The lowest BCUT2D eigenvalue weighted by Crippen LogP contribution is -2.53. The summed E-state index contributed by atoms with van der Waals surface area (Å²) in [4.78, 5) is 31.6. The normalized spacial score (nSPS) is 17.5. The highest BCUT2D eigenvalue weighted by atomic mass is 32.1. The van der Waals surface area contributed by atoms with Crippen LogP contribution in [0.15, 0.2) is 23.6 Å². The maximum Gasteiger partial charge on any atom is 0.329 e. The molecule has 2 aromatic rings. The van der Waals surface area contributed by atoms with Crippen LogP contribution in [-0.4, -0.2) is 35.1 Å². The molecule has 1 amide bonds. The Morgan fingerprint density at radius 1 is 1.41 bits per heavy atom. The molecule has 7 heteroatoms. The topological polar surface area (TPSA) is 68.7 Å². The number of anilines is 1. The molecular weight excluding hydrogens is 364 g/mol. The molecule has 3 rings (SSSR count). The minimum atomic E-state index is -0.697. The third-order valence-electron chi connectivity index (χ3n) is 4.34. The van der Waals surface area contributed by atoms with Crippen LogP contribution in [0, 0.1) is 6.92 Å². The quantitative estimate of drug-likeness (QED) is 0.725. The van der Waals surface area contributed by atoms with Crippen molar-refractivity contribution in [3.8, 4) is 17.0 Å². The van der Waals surface area contributed by atoms with Crippen LogP contribution in [0.2, 0.25) is 0 Å². The van der Waals surface area contributed by atoms with E-state index in [1.54, 1.807) is 32.1 Å². The first-order chi connectivity index (χ1) is 12.8. The Morgan fingerprint density at radius 3 is 2.74 bits per heavy atom. The van der Waals surface area contributed by atoms with E-state index in [9.17, 15) is 9.59 Å². The zero-order valence-corrected chi connectivity index (χ0v) is 17.0. The van der Waals surface area contributed by atoms with Gasteiger partial charge in [0.15, 0.2) is 6.10 Å². The number of amides is 1. The van der Waals surface area contributed by atoms with Gasteiger partial charge in [0.05, 0.1) is 22.5 Å². The number of esters is 1. The second-order valence-electron chi connectivity index (χ2n) is 6.81. The highest BCUT2D eigenvalue weighted by molar-refractivity contribution is 7.09. The van der Waals surface area contributed by atoms with Crippen LogP contribution in [-0.2, 0) is 14.3 Å². The van der Waals surface area contributed by atoms with Crippen LogP contribution < -0.4 is 9.64 Å². The predicted octanol–water partition coefficient (Wildman–Crippen LogP) is 3.96. The number of carbonyl (C=O) groups excluding carboxylic acids is 2. The Hall–Kier alpha value is -2.41. The summed E-state index contributed by atoms with van der Waals surface area (Å²) in [6.07, 6.45) is -0.460. The monoisotopic (exact) mass is 388 g/mol. The van der Waals surface area contributed by atoms with Gasteiger partial charge < -0.3 is 9.47 Å². The van der Waals surface area contributed by atoms with Crippen molar-refractivity contribution in [2.24, 2.45) is 0 Å². The number of nitrogens with zero attached hydrogens (tertiary/aromatic N) is 2. The van der Waals surface area contributed by atoms with Gasteiger partial charge in [-0.15, -0.1) is 11.3 Å². The third kappa shape index (κ3) is 3.83. The molecule has 144 valence electrons. The number of aryl methyl sites for hydroxylation is 1. The average molecular weight is 388 g/mol. The molecule has 0 saturated carbocycles. The first kappa shape index (κ1) is 19.4. The van der Waals surface area contributed by atoms with E-state index in [1.807, 2.05) is 37.4 Å². The molecule has 2 atom stereocenters. The van der Waals surface area contributed by atoms with E-state index in [-0.39, 0.29) is 12.0 Å². The summed E-state index contributed by atoms with van der Waals surface area (Å²) in [7, 11) is 0. The first-order valence-corrected chi connectivity index (χ1v) is 9.96. The Labute approximate surface area is 163 Å². The van der Waals surface area contributed by atoms with E-state index in [2.05, 4.69) is 4.98 Å². The lowest BCUT2D eigenvalue weighted by Gasteiger charge is -2.37. The Kier molecular flexibility index (Phi) is 5.51. The summed E-state index contributed by atoms with van der Waals surface area (Å²) in [5.41, 5.74) is 2.29. The molecule has 1 aliphatic rings. The molecule has 0 fully saturated rings. The molecule has 0 saturated heterocycles. The Morgan fingerprint density at radius 2 is 2.15 bits per heavy atom. The van der Waals surface area contributed by atoms with Gasteiger partial charge in [0, 0.05) is 10.9 Å². The molecule has 2 heterocycles. The van der Waals surface area contributed by atoms with E-state index in [1.165, 1.54) is 4.90 Å². The van der Waals surface area contributed by atoms with Gasteiger partial charge in [0.25, 0.3) is 5.91 Å². The maximum atomic E-state index is 12.9. The number of fused-ring (bicyclic) bond motifs is 1. The summed E-state index contributed by atoms with van der Waals surface area (Å²) >= 11 is 1.56. The van der Waals surface area contributed by atoms with Crippen LogP contribution in [0.4, 0.5) is 5.69 Å². The lowest BCUT2D eigenvalue weighted by molar-refractivity contribution is -0.150. The van der Waals surface area contributed by atoms with Crippen LogP contribution in [0.25, 0.3) is 11.3 Å². The van der Waals surface area contributed by atoms with Crippen molar-refractivity contribution in [2.45, 2.75) is 59.3 Å². The minimum absolute atomic E-state index is 0.246. The van der Waals surface area contributed by atoms with Gasteiger partial charge in [0.2, 0.25) is 0 Å². The fourth-order valence-electron chi connectivity index (χ4n) is 3.10. The lowest BCUT2D eigenvalue weighted by atomic mass is 10.0. The summed E-state index contributed by atoms with van der Waals surface area (Å²) in [5, 5.41) is 2.94. The zero-order chi connectivity index (χ0) is 19.7.